The molecule has 0 spiro atoms. The zero-order valence-corrected chi connectivity index (χ0v) is 20.9. The molecule has 1 aromatic heterocycles. The maximum absolute atomic E-state index is 13.5. The van der Waals surface area contributed by atoms with Crippen molar-refractivity contribution in [1.82, 2.24) is 29.8 Å². The van der Waals surface area contributed by atoms with Crippen molar-refractivity contribution in [2.24, 2.45) is 0 Å². The van der Waals surface area contributed by atoms with Crippen LogP contribution in [0.25, 0.3) is 10.9 Å². The van der Waals surface area contributed by atoms with E-state index in [1.807, 2.05) is 23.1 Å². The van der Waals surface area contributed by atoms with E-state index in [1.165, 1.54) is 6.07 Å². The Morgan fingerprint density at radius 3 is 2.51 bits per heavy atom. The second kappa shape index (κ2) is 9.19. The number of hydrogen-bond acceptors (Lipinski definition) is 6. The molecule has 0 unspecified atom stereocenters. The van der Waals surface area contributed by atoms with Crippen molar-refractivity contribution in [2.75, 3.05) is 39.8 Å². The third kappa shape index (κ3) is 4.31. The molecule has 37 heavy (non-hydrogen) atoms. The Hall–Kier alpha value is -3.92. The highest BCUT2D eigenvalue weighted by Crippen LogP contribution is 2.31. The van der Waals surface area contributed by atoms with Crippen molar-refractivity contribution in [3.63, 3.8) is 0 Å². The van der Waals surface area contributed by atoms with Crippen LogP contribution in [-0.2, 0) is 24.4 Å². The fourth-order valence-electron chi connectivity index (χ4n) is 5.48. The van der Waals surface area contributed by atoms with E-state index < -0.39 is 0 Å². The molecule has 0 saturated carbocycles. The van der Waals surface area contributed by atoms with Crippen LogP contribution in [0.1, 0.15) is 50.4 Å². The van der Waals surface area contributed by atoms with Crippen LogP contribution in [0.2, 0.25) is 0 Å². The highest BCUT2D eigenvalue weighted by Gasteiger charge is 2.29. The monoisotopic (exact) mass is 502 g/mol. The van der Waals surface area contributed by atoms with Crippen molar-refractivity contribution < 1.29 is 19.5 Å². The van der Waals surface area contributed by atoms with E-state index in [1.54, 1.807) is 15.9 Å². The summed E-state index contributed by atoms with van der Waals surface area (Å²) in [6.45, 7) is 4.99. The Bertz CT molecular complexity index is 1410. The molecule has 10 heteroatoms. The van der Waals surface area contributed by atoms with E-state index >= 15 is 0 Å². The number of aromatic hydroxyl groups is 1. The number of fused-ring (bicyclic) bond motifs is 2. The van der Waals surface area contributed by atoms with E-state index in [2.05, 4.69) is 22.1 Å². The van der Waals surface area contributed by atoms with E-state index in [4.69, 9.17) is 0 Å². The number of carbonyl (C=O) groups excluding carboxylic acids is 3. The molecule has 3 amide bonds. The Kier molecular flexibility index (Phi) is 5.83. The molecule has 3 aliphatic heterocycles. The summed E-state index contributed by atoms with van der Waals surface area (Å²) in [6, 6.07) is 8.84. The van der Waals surface area contributed by atoms with Crippen LogP contribution in [0, 0.1) is 0 Å². The molecule has 192 valence electrons. The number of nitrogens with one attached hydrogen (secondary N) is 1. The normalized spacial score (nSPS) is 18.2. The molecule has 2 saturated heterocycles. The Balaban J connectivity index is 1.21. The maximum atomic E-state index is 13.5. The van der Waals surface area contributed by atoms with Gasteiger partial charge in [-0.3, -0.25) is 19.5 Å². The Labute approximate surface area is 214 Å². The second-order valence-corrected chi connectivity index (χ2v) is 10.2. The van der Waals surface area contributed by atoms with Crippen LogP contribution in [0.15, 0.2) is 30.3 Å². The lowest BCUT2D eigenvalue weighted by atomic mass is 10.1. The number of piperazine rings is 1. The van der Waals surface area contributed by atoms with Gasteiger partial charge in [-0.25, -0.2) is 0 Å². The molecule has 2 aromatic carbocycles. The van der Waals surface area contributed by atoms with Gasteiger partial charge in [-0.2, -0.15) is 5.10 Å². The van der Waals surface area contributed by atoms with E-state index in [9.17, 15) is 19.5 Å². The fraction of sp³-hybridized carbons (Fsp3) is 0.407. The number of amides is 3. The molecular weight excluding hydrogens is 472 g/mol. The average Bonchev–Trinajstić information content (AvgIpc) is 3.61. The Morgan fingerprint density at radius 2 is 1.76 bits per heavy atom. The number of H-pyrrole nitrogens is 1. The summed E-state index contributed by atoms with van der Waals surface area (Å²) in [6.07, 6.45) is 1.38. The molecule has 0 radical (unpaired) electrons. The second-order valence-electron chi connectivity index (χ2n) is 10.2. The van der Waals surface area contributed by atoms with Crippen LogP contribution in [-0.4, -0.2) is 92.4 Å². The van der Waals surface area contributed by atoms with Crippen LogP contribution in [0.5, 0.6) is 5.75 Å². The summed E-state index contributed by atoms with van der Waals surface area (Å²) >= 11 is 0. The molecule has 2 N–H and O–H groups in total. The number of rotatable bonds is 4. The first-order valence-electron chi connectivity index (χ1n) is 12.7. The minimum atomic E-state index is -0.285. The zero-order chi connectivity index (χ0) is 25.7. The Morgan fingerprint density at radius 1 is 0.973 bits per heavy atom. The predicted octanol–water partition coefficient (Wildman–Crippen LogP) is 1.93. The van der Waals surface area contributed by atoms with Crippen LogP contribution in [0.4, 0.5) is 0 Å². The minimum Gasteiger partial charge on any atom is -0.507 e. The van der Waals surface area contributed by atoms with Gasteiger partial charge in [0.25, 0.3) is 11.8 Å². The van der Waals surface area contributed by atoms with E-state index in [-0.39, 0.29) is 29.0 Å². The fourth-order valence-corrected chi connectivity index (χ4v) is 5.48. The summed E-state index contributed by atoms with van der Waals surface area (Å²) in [5.74, 6) is -0.280. The number of aromatic amines is 1. The SMILES string of the molecule is CN1CCN(C(=O)c2ccc3c(c2)CN(C(=O)c2cc4c(CN5CCCC5=O)n[nH]c4cc2O)C3)CC1. The number of carbonyl (C=O) groups is 3. The minimum absolute atomic E-state index is 0.0211. The topological polar surface area (TPSA) is 113 Å². The third-order valence-corrected chi connectivity index (χ3v) is 7.75. The molecule has 6 rings (SSSR count). The summed E-state index contributed by atoms with van der Waals surface area (Å²) < 4.78 is 0. The van der Waals surface area contributed by atoms with Crippen molar-refractivity contribution in [1.29, 1.82) is 0 Å². The van der Waals surface area contributed by atoms with Crippen molar-refractivity contribution in [3.8, 4) is 5.75 Å². The molecule has 4 heterocycles. The summed E-state index contributed by atoms with van der Waals surface area (Å²) in [5.41, 5.74) is 4.08. The van der Waals surface area contributed by atoms with Crippen molar-refractivity contribution in [2.45, 2.75) is 32.5 Å². The lowest BCUT2D eigenvalue weighted by molar-refractivity contribution is -0.128. The van der Waals surface area contributed by atoms with Gasteiger partial charge in [-0.1, -0.05) is 6.07 Å². The van der Waals surface area contributed by atoms with Crippen LogP contribution in [0.3, 0.4) is 0 Å². The number of nitrogens with zero attached hydrogens (tertiary/aromatic N) is 5. The summed E-state index contributed by atoms with van der Waals surface area (Å²) in [4.78, 5) is 46.1. The molecule has 3 aromatic rings. The number of phenols is 1. The smallest absolute Gasteiger partial charge is 0.258 e. The molecule has 0 bridgehead atoms. The lowest BCUT2D eigenvalue weighted by Crippen LogP contribution is -2.47. The van der Waals surface area contributed by atoms with E-state index in [0.29, 0.717) is 62.5 Å². The van der Waals surface area contributed by atoms with Gasteiger partial charge in [0.1, 0.15) is 5.75 Å². The average molecular weight is 503 g/mol. The zero-order valence-electron chi connectivity index (χ0n) is 20.9. The molecular formula is C27H30N6O4. The molecule has 10 nitrogen and oxygen atoms in total. The van der Waals surface area contributed by atoms with Gasteiger partial charge in [-0.05, 0) is 42.8 Å². The van der Waals surface area contributed by atoms with Gasteiger partial charge < -0.3 is 24.7 Å². The van der Waals surface area contributed by atoms with Gasteiger partial charge in [0, 0.05) is 69.3 Å². The van der Waals surface area contributed by atoms with Gasteiger partial charge in [-0.15, -0.1) is 0 Å². The maximum Gasteiger partial charge on any atom is 0.258 e. The summed E-state index contributed by atoms with van der Waals surface area (Å²) in [7, 11) is 2.06. The third-order valence-electron chi connectivity index (χ3n) is 7.75. The first-order valence-corrected chi connectivity index (χ1v) is 12.7. The summed E-state index contributed by atoms with van der Waals surface area (Å²) in [5, 5.41) is 18.6. The molecule has 0 atom stereocenters. The number of phenolic OH excluding ortho intramolecular Hbond substituents is 1. The highest BCUT2D eigenvalue weighted by atomic mass is 16.3. The van der Waals surface area contributed by atoms with Gasteiger partial charge in [0.15, 0.2) is 0 Å². The van der Waals surface area contributed by atoms with Gasteiger partial charge in [0.05, 0.1) is 23.3 Å². The molecule has 0 aliphatic carbocycles. The predicted molar refractivity (Wildman–Crippen MR) is 136 cm³/mol. The number of benzene rings is 2. The standard InChI is InChI=1S/C27H30N6O4/c1-30-7-9-31(10-8-30)26(36)17-4-5-18-14-33(15-19(18)11-17)27(37)21-12-20-22(13-24(21)34)28-29-23(20)16-32-6-2-3-25(32)35/h4-5,11-13,34H,2-3,6-10,14-16H2,1H3,(H,28,29). The van der Waals surface area contributed by atoms with Gasteiger partial charge in [0.2, 0.25) is 5.91 Å². The van der Waals surface area contributed by atoms with Crippen molar-refractivity contribution in [3.05, 3.63) is 58.3 Å². The van der Waals surface area contributed by atoms with Crippen LogP contribution < -0.4 is 0 Å². The first kappa shape index (κ1) is 23.5. The first-order chi connectivity index (χ1) is 17.9. The largest absolute Gasteiger partial charge is 0.507 e. The molecule has 3 aliphatic rings. The lowest BCUT2D eigenvalue weighted by Gasteiger charge is -2.32. The number of aromatic nitrogens is 2. The quantitative estimate of drug-likeness (QED) is 0.564. The number of hydrogen-bond donors (Lipinski definition) is 2. The van der Waals surface area contributed by atoms with Crippen LogP contribution >= 0.6 is 0 Å². The van der Waals surface area contributed by atoms with Gasteiger partial charge >= 0.3 is 0 Å². The number of likely N-dealkylation sites (N-methyl/N-ethyl adjacent to an activating group) is 1. The molecule has 2 fully saturated rings. The van der Waals surface area contributed by atoms with Crippen molar-refractivity contribution >= 4 is 28.6 Å². The highest BCUT2D eigenvalue weighted by molar-refractivity contribution is 6.02. The van der Waals surface area contributed by atoms with E-state index in [0.717, 1.165) is 36.0 Å². The number of likely N-dealkylation sites (tertiary alicyclic amines) is 1.